The van der Waals surface area contributed by atoms with E-state index in [0.29, 0.717) is 12.6 Å². The van der Waals surface area contributed by atoms with Crippen molar-refractivity contribution in [3.05, 3.63) is 35.9 Å². The molecule has 3 heteroatoms. The molecule has 0 saturated heterocycles. The minimum Gasteiger partial charge on any atom is -0.391 e. The van der Waals surface area contributed by atoms with Crippen LogP contribution in [-0.4, -0.2) is 23.8 Å². The fourth-order valence-electron chi connectivity index (χ4n) is 2.10. The highest BCUT2D eigenvalue weighted by Gasteiger charge is 2.07. The van der Waals surface area contributed by atoms with Crippen LogP contribution in [0, 0.1) is 0 Å². The number of hydrogen-bond donors (Lipinski definition) is 2. The standard InChI is InChI=1S/C16H27NO.ClH/c1-3-4-6-9-14(2)17-13-16(18)12-15-10-7-5-8-11-15;/h5,7-8,10-11,14,16-18H,3-4,6,9,12-13H2,1-2H3;1H. The number of hydrogen-bond acceptors (Lipinski definition) is 2. The summed E-state index contributed by atoms with van der Waals surface area (Å²) in [6, 6.07) is 10.7. The van der Waals surface area contributed by atoms with Crippen molar-refractivity contribution in [2.24, 2.45) is 0 Å². The Morgan fingerprint density at radius 3 is 2.47 bits per heavy atom. The zero-order chi connectivity index (χ0) is 13.2. The molecule has 0 bridgehead atoms. The molecule has 0 aliphatic heterocycles. The summed E-state index contributed by atoms with van der Waals surface area (Å²) < 4.78 is 0. The molecule has 0 fully saturated rings. The second kappa shape index (κ2) is 11.3. The Morgan fingerprint density at radius 2 is 1.84 bits per heavy atom. The second-order valence-corrected chi connectivity index (χ2v) is 5.15. The smallest absolute Gasteiger partial charge is 0.0704 e. The molecular formula is C16H28ClNO. The van der Waals surface area contributed by atoms with Gasteiger partial charge >= 0.3 is 0 Å². The van der Waals surface area contributed by atoms with Crippen LogP contribution in [-0.2, 0) is 6.42 Å². The van der Waals surface area contributed by atoms with Gasteiger partial charge < -0.3 is 10.4 Å². The summed E-state index contributed by atoms with van der Waals surface area (Å²) in [5.74, 6) is 0. The molecule has 1 aromatic rings. The molecule has 1 aromatic carbocycles. The number of nitrogens with one attached hydrogen (secondary N) is 1. The lowest BCUT2D eigenvalue weighted by atomic mass is 10.1. The van der Waals surface area contributed by atoms with Crippen LogP contribution in [0.1, 0.15) is 45.1 Å². The van der Waals surface area contributed by atoms with E-state index in [1.54, 1.807) is 0 Å². The van der Waals surface area contributed by atoms with Crippen molar-refractivity contribution in [3.63, 3.8) is 0 Å². The molecule has 0 saturated carbocycles. The zero-order valence-electron chi connectivity index (χ0n) is 12.1. The summed E-state index contributed by atoms with van der Waals surface area (Å²) in [5, 5.41) is 13.4. The van der Waals surface area contributed by atoms with E-state index in [4.69, 9.17) is 0 Å². The molecule has 2 atom stereocenters. The Morgan fingerprint density at radius 1 is 1.16 bits per heavy atom. The lowest BCUT2D eigenvalue weighted by Crippen LogP contribution is -2.34. The molecule has 1 rings (SSSR count). The van der Waals surface area contributed by atoms with E-state index in [1.165, 1.54) is 31.2 Å². The molecule has 0 aliphatic carbocycles. The van der Waals surface area contributed by atoms with Crippen LogP contribution >= 0.6 is 12.4 Å². The fourth-order valence-corrected chi connectivity index (χ4v) is 2.10. The van der Waals surface area contributed by atoms with Crippen LogP contribution in [0.15, 0.2) is 30.3 Å². The molecule has 2 N–H and O–H groups in total. The first-order valence-electron chi connectivity index (χ1n) is 7.17. The van der Waals surface area contributed by atoms with Gasteiger partial charge in [0.25, 0.3) is 0 Å². The number of halogens is 1. The molecule has 110 valence electrons. The first-order chi connectivity index (χ1) is 8.72. The average molecular weight is 286 g/mol. The summed E-state index contributed by atoms with van der Waals surface area (Å²) >= 11 is 0. The van der Waals surface area contributed by atoms with Crippen LogP contribution < -0.4 is 5.32 Å². The summed E-state index contributed by atoms with van der Waals surface area (Å²) in [7, 11) is 0. The van der Waals surface area contributed by atoms with Crippen LogP contribution in [0.4, 0.5) is 0 Å². The maximum Gasteiger partial charge on any atom is 0.0704 e. The number of aliphatic hydroxyl groups excluding tert-OH is 1. The Labute approximate surface area is 124 Å². The number of unbranched alkanes of at least 4 members (excludes halogenated alkanes) is 2. The van der Waals surface area contributed by atoms with Gasteiger partial charge in [0.05, 0.1) is 6.10 Å². The molecule has 19 heavy (non-hydrogen) atoms. The van der Waals surface area contributed by atoms with Crippen molar-refractivity contribution in [1.82, 2.24) is 5.32 Å². The van der Waals surface area contributed by atoms with Gasteiger partial charge in [0, 0.05) is 12.6 Å². The first-order valence-corrected chi connectivity index (χ1v) is 7.17. The topological polar surface area (TPSA) is 32.3 Å². The van der Waals surface area contributed by atoms with Gasteiger partial charge in [-0.15, -0.1) is 12.4 Å². The van der Waals surface area contributed by atoms with Gasteiger partial charge in [-0.25, -0.2) is 0 Å². The van der Waals surface area contributed by atoms with E-state index in [-0.39, 0.29) is 18.5 Å². The summed E-state index contributed by atoms with van der Waals surface area (Å²) in [6.07, 6.45) is 5.49. The highest BCUT2D eigenvalue weighted by atomic mass is 35.5. The summed E-state index contributed by atoms with van der Waals surface area (Å²) in [5.41, 5.74) is 1.20. The van der Waals surface area contributed by atoms with Gasteiger partial charge in [-0.2, -0.15) is 0 Å². The van der Waals surface area contributed by atoms with Crippen LogP contribution in [0.25, 0.3) is 0 Å². The van der Waals surface area contributed by atoms with E-state index >= 15 is 0 Å². The van der Waals surface area contributed by atoms with Gasteiger partial charge in [0.2, 0.25) is 0 Å². The van der Waals surface area contributed by atoms with E-state index in [0.717, 1.165) is 6.42 Å². The molecule has 0 spiro atoms. The van der Waals surface area contributed by atoms with E-state index in [1.807, 2.05) is 18.2 Å². The van der Waals surface area contributed by atoms with Crippen LogP contribution in [0.2, 0.25) is 0 Å². The van der Waals surface area contributed by atoms with Gasteiger partial charge in [-0.3, -0.25) is 0 Å². The van der Waals surface area contributed by atoms with E-state index in [9.17, 15) is 5.11 Å². The molecule has 0 amide bonds. The number of aliphatic hydroxyl groups is 1. The van der Waals surface area contributed by atoms with Crippen molar-refractivity contribution < 1.29 is 5.11 Å². The Hall–Kier alpha value is -0.570. The average Bonchev–Trinajstić information content (AvgIpc) is 2.38. The maximum absolute atomic E-state index is 9.96. The molecule has 0 aromatic heterocycles. The quantitative estimate of drug-likeness (QED) is 0.680. The normalized spacial score (nSPS) is 13.6. The van der Waals surface area contributed by atoms with Crippen molar-refractivity contribution >= 4 is 12.4 Å². The Balaban J connectivity index is 0.00000324. The first kappa shape index (κ1) is 18.4. The van der Waals surface area contributed by atoms with Crippen molar-refractivity contribution in [3.8, 4) is 0 Å². The van der Waals surface area contributed by atoms with Crippen molar-refractivity contribution in [2.45, 2.75) is 58.1 Å². The van der Waals surface area contributed by atoms with Gasteiger partial charge in [-0.1, -0.05) is 56.5 Å². The number of benzene rings is 1. The van der Waals surface area contributed by atoms with Crippen molar-refractivity contribution in [1.29, 1.82) is 0 Å². The number of rotatable bonds is 9. The third-order valence-corrected chi connectivity index (χ3v) is 3.26. The van der Waals surface area contributed by atoms with E-state index < -0.39 is 0 Å². The molecule has 0 heterocycles. The lowest BCUT2D eigenvalue weighted by Gasteiger charge is -2.17. The largest absolute Gasteiger partial charge is 0.391 e. The summed E-state index contributed by atoms with van der Waals surface area (Å²) in [4.78, 5) is 0. The Kier molecular flexibility index (Phi) is 10.9. The molecule has 0 radical (unpaired) electrons. The predicted octanol–water partition coefficient (Wildman–Crippen LogP) is 3.57. The third kappa shape index (κ3) is 9.04. The third-order valence-electron chi connectivity index (χ3n) is 3.26. The maximum atomic E-state index is 9.96. The highest BCUT2D eigenvalue weighted by molar-refractivity contribution is 5.85. The zero-order valence-corrected chi connectivity index (χ0v) is 13.0. The summed E-state index contributed by atoms with van der Waals surface area (Å²) in [6.45, 7) is 5.11. The molecule has 2 unspecified atom stereocenters. The van der Waals surface area contributed by atoms with Gasteiger partial charge in [0.1, 0.15) is 0 Å². The molecule has 0 aliphatic rings. The minimum atomic E-state index is -0.291. The van der Waals surface area contributed by atoms with Crippen LogP contribution in [0.5, 0.6) is 0 Å². The fraction of sp³-hybridized carbons (Fsp3) is 0.625. The second-order valence-electron chi connectivity index (χ2n) is 5.15. The predicted molar refractivity (Wildman–Crippen MR) is 85.0 cm³/mol. The van der Waals surface area contributed by atoms with E-state index in [2.05, 4.69) is 31.3 Å². The lowest BCUT2D eigenvalue weighted by molar-refractivity contribution is 0.167. The molecular weight excluding hydrogens is 258 g/mol. The Bertz CT molecular complexity index is 305. The highest BCUT2D eigenvalue weighted by Crippen LogP contribution is 2.05. The van der Waals surface area contributed by atoms with Crippen LogP contribution in [0.3, 0.4) is 0 Å². The molecule has 2 nitrogen and oxygen atoms in total. The van der Waals surface area contributed by atoms with Gasteiger partial charge in [-0.05, 0) is 25.3 Å². The van der Waals surface area contributed by atoms with Gasteiger partial charge in [0.15, 0.2) is 0 Å². The SMILES string of the molecule is CCCCCC(C)NCC(O)Cc1ccccc1.Cl. The monoisotopic (exact) mass is 285 g/mol. The minimum absolute atomic E-state index is 0. The van der Waals surface area contributed by atoms with Crippen molar-refractivity contribution in [2.75, 3.05) is 6.54 Å².